The summed E-state index contributed by atoms with van der Waals surface area (Å²) in [6, 6.07) is 0. The Morgan fingerprint density at radius 2 is 2.00 bits per heavy atom. The fraction of sp³-hybridized carbons (Fsp3) is 0.909. The first-order chi connectivity index (χ1) is 6.65. The standard InChI is InChI=1S/C11H20O3/c1-3-14-11(13)10(12)9-6-4-8(2)5-7-9/h8-10,12H,3-7H2,1-2H3. The Morgan fingerprint density at radius 3 is 2.50 bits per heavy atom. The maximum absolute atomic E-state index is 11.3. The quantitative estimate of drug-likeness (QED) is 0.706. The molecule has 1 aliphatic rings. The lowest BCUT2D eigenvalue weighted by Gasteiger charge is -2.28. The molecule has 1 rings (SSSR count). The van der Waals surface area contributed by atoms with Gasteiger partial charge < -0.3 is 9.84 Å². The van der Waals surface area contributed by atoms with Crippen molar-refractivity contribution < 1.29 is 14.6 Å². The third-order valence-corrected chi connectivity index (χ3v) is 3.04. The van der Waals surface area contributed by atoms with Crippen molar-refractivity contribution >= 4 is 5.97 Å². The van der Waals surface area contributed by atoms with Crippen LogP contribution >= 0.6 is 0 Å². The molecular weight excluding hydrogens is 180 g/mol. The van der Waals surface area contributed by atoms with Gasteiger partial charge in [0, 0.05) is 0 Å². The molecule has 3 nitrogen and oxygen atoms in total. The van der Waals surface area contributed by atoms with E-state index >= 15 is 0 Å². The smallest absolute Gasteiger partial charge is 0.335 e. The number of hydrogen-bond acceptors (Lipinski definition) is 3. The number of aliphatic hydroxyl groups is 1. The van der Waals surface area contributed by atoms with E-state index in [4.69, 9.17) is 4.74 Å². The van der Waals surface area contributed by atoms with Crippen LogP contribution in [0.3, 0.4) is 0 Å². The predicted molar refractivity (Wildman–Crippen MR) is 53.8 cm³/mol. The number of carbonyl (C=O) groups excluding carboxylic acids is 1. The Kier molecular flexibility index (Phi) is 4.39. The summed E-state index contributed by atoms with van der Waals surface area (Å²) in [7, 11) is 0. The molecule has 0 aliphatic heterocycles. The van der Waals surface area contributed by atoms with Crippen LogP contribution in [0, 0.1) is 11.8 Å². The summed E-state index contributed by atoms with van der Waals surface area (Å²) >= 11 is 0. The Bertz CT molecular complexity index is 183. The Hall–Kier alpha value is -0.570. The third kappa shape index (κ3) is 2.98. The first kappa shape index (κ1) is 11.5. The number of esters is 1. The van der Waals surface area contributed by atoms with Crippen LogP contribution in [0.15, 0.2) is 0 Å². The molecule has 1 aliphatic carbocycles. The van der Waals surface area contributed by atoms with Gasteiger partial charge in [-0.05, 0) is 31.6 Å². The second-order valence-corrected chi connectivity index (χ2v) is 4.22. The highest BCUT2D eigenvalue weighted by molar-refractivity contribution is 5.74. The normalized spacial score (nSPS) is 29.6. The van der Waals surface area contributed by atoms with Gasteiger partial charge in [-0.15, -0.1) is 0 Å². The van der Waals surface area contributed by atoms with Crippen LogP contribution in [0.5, 0.6) is 0 Å². The lowest BCUT2D eigenvalue weighted by atomic mass is 9.80. The molecule has 0 spiro atoms. The number of aliphatic hydroxyl groups excluding tert-OH is 1. The van der Waals surface area contributed by atoms with Gasteiger partial charge in [0.25, 0.3) is 0 Å². The van der Waals surface area contributed by atoms with Gasteiger partial charge in [0.2, 0.25) is 0 Å². The van der Waals surface area contributed by atoms with Crippen molar-refractivity contribution in [1.82, 2.24) is 0 Å². The minimum Gasteiger partial charge on any atom is -0.464 e. The Labute approximate surface area is 85.5 Å². The van der Waals surface area contributed by atoms with Crippen LogP contribution in [-0.4, -0.2) is 23.8 Å². The molecule has 0 aromatic heterocycles. The van der Waals surface area contributed by atoms with Crippen LogP contribution in [0.2, 0.25) is 0 Å². The molecule has 0 heterocycles. The summed E-state index contributed by atoms with van der Waals surface area (Å²) in [5.74, 6) is 0.401. The molecule has 1 N–H and O–H groups in total. The largest absolute Gasteiger partial charge is 0.464 e. The van der Waals surface area contributed by atoms with E-state index in [0.717, 1.165) is 31.6 Å². The second kappa shape index (κ2) is 5.35. The monoisotopic (exact) mass is 200 g/mol. The SMILES string of the molecule is CCOC(=O)C(O)C1CCC(C)CC1. The molecule has 0 saturated heterocycles. The Morgan fingerprint density at radius 1 is 1.43 bits per heavy atom. The molecule has 14 heavy (non-hydrogen) atoms. The first-order valence-electron chi connectivity index (χ1n) is 5.49. The van der Waals surface area contributed by atoms with E-state index in [0.29, 0.717) is 6.61 Å². The van der Waals surface area contributed by atoms with Gasteiger partial charge >= 0.3 is 5.97 Å². The maximum atomic E-state index is 11.3. The molecular formula is C11H20O3. The van der Waals surface area contributed by atoms with Crippen molar-refractivity contribution in [3.05, 3.63) is 0 Å². The van der Waals surface area contributed by atoms with Crippen molar-refractivity contribution in [3.8, 4) is 0 Å². The molecule has 1 saturated carbocycles. The van der Waals surface area contributed by atoms with E-state index in [2.05, 4.69) is 6.92 Å². The van der Waals surface area contributed by atoms with Crippen LogP contribution in [0.1, 0.15) is 39.5 Å². The fourth-order valence-electron chi connectivity index (χ4n) is 2.02. The fourth-order valence-corrected chi connectivity index (χ4v) is 2.02. The summed E-state index contributed by atoms with van der Waals surface area (Å²) in [4.78, 5) is 11.3. The molecule has 0 amide bonds. The molecule has 1 atom stereocenters. The average Bonchev–Trinajstić information content (AvgIpc) is 2.18. The number of rotatable bonds is 3. The molecule has 0 aromatic carbocycles. The van der Waals surface area contributed by atoms with E-state index in [1.54, 1.807) is 6.92 Å². The van der Waals surface area contributed by atoms with Crippen LogP contribution < -0.4 is 0 Å². The van der Waals surface area contributed by atoms with Gasteiger partial charge in [0.15, 0.2) is 6.10 Å². The lowest BCUT2D eigenvalue weighted by Crippen LogP contribution is -2.33. The van der Waals surface area contributed by atoms with Crippen LogP contribution in [-0.2, 0) is 9.53 Å². The van der Waals surface area contributed by atoms with Crippen molar-refractivity contribution in [2.45, 2.75) is 45.6 Å². The van der Waals surface area contributed by atoms with E-state index < -0.39 is 12.1 Å². The predicted octanol–water partition coefficient (Wildman–Crippen LogP) is 1.74. The molecule has 0 bridgehead atoms. The highest BCUT2D eigenvalue weighted by atomic mass is 16.5. The van der Waals surface area contributed by atoms with Crippen LogP contribution in [0.25, 0.3) is 0 Å². The van der Waals surface area contributed by atoms with E-state index in [1.165, 1.54) is 0 Å². The zero-order valence-electron chi connectivity index (χ0n) is 9.03. The van der Waals surface area contributed by atoms with Crippen LogP contribution in [0.4, 0.5) is 0 Å². The van der Waals surface area contributed by atoms with Gasteiger partial charge in [-0.2, -0.15) is 0 Å². The van der Waals surface area contributed by atoms with E-state index in [-0.39, 0.29) is 5.92 Å². The first-order valence-corrected chi connectivity index (χ1v) is 5.49. The van der Waals surface area contributed by atoms with E-state index in [1.807, 2.05) is 0 Å². The van der Waals surface area contributed by atoms with Gasteiger partial charge in [0.05, 0.1) is 6.61 Å². The zero-order valence-corrected chi connectivity index (χ0v) is 9.03. The minimum atomic E-state index is -0.901. The maximum Gasteiger partial charge on any atom is 0.335 e. The van der Waals surface area contributed by atoms with E-state index in [9.17, 15) is 9.90 Å². The number of carbonyl (C=O) groups is 1. The molecule has 0 aromatic rings. The third-order valence-electron chi connectivity index (χ3n) is 3.04. The summed E-state index contributed by atoms with van der Waals surface area (Å²) in [6.45, 7) is 4.32. The minimum absolute atomic E-state index is 0.116. The molecule has 0 radical (unpaired) electrons. The van der Waals surface area contributed by atoms with Gasteiger partial charge in [-0.1, -0.05) is 19.8 Å². The average molecular weight is 200 g/mol. The van der Waals surface area contributed by atoms with Crippen molar-refractivity contribution in [2.24, 2.45) is 11.8 Å². The summed E-state index contributed by atoms with van der Waals surface area (Å²) in [6.07, 6.45) is 3.22. The summed E-state index contributed by atoms with van der Waals surface area (Å²) in [5, 5.41) is 9.69. The van der Waals surface area contributed by atoms with Crippen molar-refractivity contribution in [3.63, 3.8) is 0 Å². The Balaban J connectivity index is 2.37. The summed E-state index contributed by atoms with van der Waals surface area (Å²) in [5.41, 5.74) is 0. The van der Waals surface area contributed by atoms with Crippen molar-refractivity contribution in [1.29, 1.82) is 0 Å². The highest BCUT2D eigenvalue weighted by Crippen LogP contribution is 2.30. The number of ether oxygens (including phenoxy) is 1. The molecule has 82 valence electrons. The van der Waals surface area contributed by atoms with Gasteiger partial charge in [-0.3, -0.25) is 0 Å². The summed E-state index contributed by atoms with van der Waals surface area (Å²) < 4.78 is 4.79. The highest BCUT2D eigenvalue weighted by Gasteiger charge is 2.30. The van der Waals surface area contributed by atoms with Gasteiger partial charge in [-0.25, -0.2) is 4.79 Å². The van der Waals surface area contributed by atoms with Crippen molar-refractivity contribution in [2.75, 3.05) is 6.61 Å². The molecule has 1 unspecified atom stereocenters. The second-order valence-electron chi connectivity index (χ2n) is 4.22. The van der Waals surface area contributed by atoms with Gasteiger partial charge in [0.1, 0.15) is 0 Å². The molecule has 3 heteroatoms. The lowest BCUT2D eigenvalue weighted by molar-refractivity contribution is -0.156. The zero-order chi connectivity index (χ0) is 10.6. The topological polar surface area (TPSA) is 46.5 Å². The number of hydrogen-bond donors (Lipinski definition) is 1. The molecule has 1 fully saturated rings.